The van der Waals surface area contributed by atoms with Gasteiger partial charge in [0.1, 0.15) is 19.7 Å². The molecule has 3 rings (SSSR count). The lowest BCUT2D eigenvalue weighted by atomic mass is 10.0. The quantitative estimate of drug-likeness (QED) is 0.0683. The van der Waals surface area contributed by atoms with Gasteiger partial charge in [-0.1, -0.05) is 0 Å². The number of aromatic nitrogens is 3. The molecule has 4 N–H and O–H groups in total. The number of aldehydes is 3. The maximum atomic E-state index is 11.9. The van der Waals surface area contributed by atoms with E-state index in [1.165, 1.54) is 0 Å². The minimum atomic E-state index is -3.09. The van der Waals surface area contributed by atoms with E-state index in [4.69, 9.17) is 14.6 Å². The molecule has 0 radical (unpaired) electrons. The third-order valence-electron chi connectivity index (χ3n) is 8.16. The molecule has 0 aliphatic heterocycles. The van der Waals surface area contributed by atoms with Gasteiger partial charge in [0.2, 0.25) is 0 Å². The average molecular weight is 844 g/mol. The van der Waals surface area contributed by atoms with Crippen LogP contribution in [0.1, 0.15) is 129 Å². The van der Waals surface area contributed by atoms with Crippen molar-refractivity contribution in [3.63, 3.8) is 0 Å². The molecule has 0 amide bonds. The number of carbonyl (C=O) groups excluding carboxylic acids is 5. The summed E-state index contributed by atoms with van der Waals surface area (Å²) in [7, 11) is -6.15. The lowest BCUT2D eigenvalue weighted by molar-refractivity contribution is 0.0514. The van der Waals surface area contributed by atoms with E-state index in [2.05, 4.69) is 15.0 Å². The lowest BCUT2D eigenvalue weighted by Crippen LogP contribution is -2.10. The molecule has 312 valence electrons. The zero-order valence-electron chi connectivity index (χ0n) is 33.1. The van der Waals surface area contributed by atoms with Crippen LogP contribution in [-0.4, -0.2) is 123 Å². The first-order valence-corrected chi connectivity index (χ1v) is 23.1. The SMILES string of the molecule is CCOC(=O)c1c(C)[nH]c(C=O)c1CCCS(C)(=O)=O.CCOC(=O)c1c(C)[nH]c(C=O)c1CCCSC.Cc1[nH]c(C=O)c(CCCS(C)(=O)=O)c1C(=O)O. The Balaban J connectivity index is 0.000000421. The Kier molecular flexibility index (Phi) is 20.8. The van der Waals surface area contributed by atoms with Gasteiger partial charge in [-0.25, -0.2) is 31.2 Å². The summed E-state index contributed by atoms with van der Waals surface area (Å²) in [5.74, 6) is -0.981. The van der Waals surface area contributed by atoms with E-state index < -0.39 is 31.6 Å². The summed E-state index contributed by atoms with van der Waals surface area (Å²) in [6.45, 7) is 9.08. The molecule has 3 heterocycles. The summed E-state index contributed by atoms with van der Waals surface area (Å²) in [5, 5.41) is 9.06. The molecule has 3 aromatic rings. The number of hydrogen-bond acceptors (Lipinski definition) is 13. The molecule has 19 heteroatoms. The number of ether oxygens (including phenoxy) is 2. The average Bonchev–Trinajstić information content (AvgIpc) is 3.72. The number of sulfone groups is 2. The number of aromatic carboxylic acids is 1. The molecule has 0 aliphatic carbocycles. The van der Waals surface area contributed by atoms with Gasteiger partial charge < -0.3 is 29.5 Å². The monoisotopic (exact) mass is 843 g/mol. The summed E-state index contributed by atoms with van der Waals surface area (Å²) in [6, 6.07) is 0. The van der Waals surface area contributed by atoms with E-state index in [9.17, 15) is 45.6 Å². The fourth-order valence-corrected chi connectivity index (χ4v) is 7.62. The number of thioether (sulfide) groups is 1. The summed E-state index contributed by atoms with van der Waals surface area (Å²) < 4.78 is 54.3. The van der Waals surface area contributed by atoms with Gasteiger partial charge in [-0.2, -0.15) is 11.8 Å². The molecule has 0 atom stereocenters. The van der Waals surface area contributed by atoms with E-state index in [-0.39, 0.29) is 48.2 Å². The predicted octanol–water partition coefficient (Wildman–Crippen LogP) is 4.71. The van der Waals surface area contributed by atoms with Gasteiger partial charge in [0.15, 0.2) is 18.9 Å². The van der Waals surface area contributed by atoms with Crippen LogP contribution < -0.4 is 0 Å². The van der Waals surface area contributed by atoms with Gasteiger partial charge in [0.25, 0.3) is 0 Å². The molecule has 0 saturated carbocycles. The van der Waals surface area contributed by atoms with Crippen LogP contribution in [0.5, 0.6) is 0 Å². The fraction of sp³-hybridized carbons (Fsp3) is 0.514. The number of carboxylic acids is 1. The van der Waals surface area contributed by atoms with E-state index in [1.54, 1.807) is 46.4 Å². The molecule has 0 saturated heterocycles. The van der Waals surface area contributed by atoms with Crippen molar-refractivity contribution in [1.29, 1.82) is 0 Å². The molecule has 16 nitrogen and oxygen atoms in total. The molecule has 0 unspecified atom stereocenters. The van der Waals surface area contributed by atoms with Crippen LogP contribution in [0.25, 0.3) is 0 Å². The second-order valence-electron chi connectivity index (χ2n) is 12.7. The van der Waals surface area contributed by atoms with Crippen molar-refractivity contribution in [3.8, 4) is 0 Å². The van der Waals surface area contributed by atoms with Crippen LogP contribution in [-0.2, 0) is 48.4 Å². The number of aromatic amines is 3. The summed E-state index contributed by atoms with van der Waals surface area (Å²) in [5.41, 5.74) is 5.28. The topological polar surface area (TPSA) is 257 Å². The van der Waals surface area contributed by atoms with Gasteiger partial charge in [0.05, 0.1) is 58.5 Å². The van der Waals surface area contributed by atoms with Crippen molar-refractivity contribution >= 4 is 68.2 Å². The van der Waals surface area contributed by atoms with E-state index in [0.29, 0.717) is 89.2 Å². The Bertz CT molecular complexity index is 2060. The number of nitrogens with one attached hydrogen (secondary N) is 3. The molecule has 56 heavy (non-hydrogen) atoms. The maximum absolute atomic E-state index is 11.9. The van der Waals surface area contributed by atoms with Crippen LogP contribution >= 0.6 is 11.8 Å². The Morgan fingerprint density at radius 1 is 0.625 bits per heavy atom. The van der Waals surface area contributed by atoms with Crippen LogP contribution in [0.4, 0.5) is 0 Å². The van der Waals surface area contributed by atoms with Crippen molar-refractivity contribution in [3.05, 3.63) is 67.5 Å². The highest BCUT2D eigenvalue weighted by molar-refractivity contribution is 7.98. The van der Waals surface area contributed by atoms with Crippen molar-refractivity contribution < 1.29 is 60.2 Å². The Morgan fingerprint density at radius 3 is 1.23 bits per heavy atom. The van der Waals surface area contributed by atoms with Gasteiger partial charge in [0, 0.05) is 29.6 Å². The second-order valence-corrected chi connectivity index (χ2v) is 18.2. The minimum absolute atomic E-state index is 0.0117. The molecule has 0 spiro atoms. The fourth-order valence-electron chi connectivity index (χ4n) is 5.85. The van der Waals surface area contributed by atoms with Crippen molar-refractivity contribution in [1.82, 2.24) is 15.0 Å². The molecular weight excluding hydrogens is 791 g/mol. The molecule has 3 aromatic heterocycles. The number of H-pyrrole nitrogens is 3. The van der Waals surface area contributed by atoms with Gasteiger partial charge in [-0.3, -0.25) is 14.4 Å². The first-order chi connectivity index (χ1) is 26.2. The predicted molar refractivity (Wildman–Crippen MR) is 214 cm³/mol. The van der Waals surface area contributed by atoms with Crippen molar-refractivity contribution in [2.75, 3.05) is 49.2 Å². The largest absolute Gasteiger partial charge is 0.478 e. The lowest BCUT2D eigenvalue weighted by Gasteiger charge is -2.05. The van der Waals surface area contributed by atoms with Crippen molar-refractivity contribution in [2.45, 2.75) is 73.1 Å². The van der Waals surface area contributed by atoms with E-state index >= 15 is 0 Å². The van der Waals surface area contributed by atoms with Crippen LogP contribution in [0.15, 0.2) is 0 Å². The minimum Gasteiger partial charge on any atom is -0.478 e. The Morgan fingerprint density at radius 2 is 0.946 bits per heavy atom. The number of carboxylic acid groups (broad SMARTS) is 1. The standard InChI is InChI=1S/C13H19NO5S.C13H19NO3S.C11H15NO5S/c1-4-19-13(16)12-9(2)14-11(8-15)10(12)6-5-7-20(3,17)18;1-4-17-13(16)12-9(2)14-11(8-15)10(12)6-5-7-18-3;1-7-10(11(14)15)8(9(6-13)12-7)4-3-5-18(2,16)17/h8,14H,4-7H2,1-3H3;8,14H,4-7H2,1-3H3;6,12H,3-5H2,1-2H3,(H,14,15). The smallest absolute Gasteiger partial charge is 0.340 e. The van der Waals surface area contributed by atoms with Crippen LogP contribution in [0.2, 0.25) is 0 Å². The van der Waals surface area contributed by atoms with Gasteiger partial charge in [-0.05, 0) is 102 Å². The van der Waals surface area contributed by atoms with Crippen molar-refractivity contribution in [2.24, 2.45) is 0 Å². The third-order valence-corrected chi connectivity index (χ3v) is 10.9. The maximum Gasteiger partial charge on any atom is 0.340 e. The van der Waals surface area contributed by atoms with Crippen LogP contribution in [0.3, 0.4) is 0 Å². The summed E-state index contributed by atoms with van der Waals surface area (Å²) in [4.78, 5) is 76.2. The van der Waals surface area contributed by atoms with Gasteiger partial charge in [-0.15, -0.1) is 0 Å². The van der Waals surface area contributed by atoms with E-state index in [1.807, 2.05) is 6.26 Å². The van der Waals surface area contributed by atoms with Gasteiger partial charge >= 0.3 is 17.9 Å². The second kappa shape index (κ2) is 23.5. The molecule has 0 bridgehead atoms. The number of aryl methyl sites for hydroxylation is 3. The third kappa shape index (κ3) is 15.6. The highest BCUT2D eigenvalue weighted by atomic mass is 32.2. The number of hydrogen-bond donors (Lipinski definition) is 4. The Labute approximate surface area is 332 Å². The molecular formula is C37H53N3O13S3. The highest BCUT2D eigenvalue weighted by Crippen LogP contribution is 2.23. The molecule has 0 fully saturated rings. The Hall–Kier alpha value is -4.49. The highest BCUT2D eigenvalue weighted by Gasteiger charge is 2.23. The van der Waals surface area contributed by atoms with Crippen LogP contribution in [0, 0.1) is 20.8 Å². The summed E-state index contributed by atoms with van der Waals surface area (Å²) in [6.07, 6.45) is 9.13. The summed E-state index contributed by atoms with van der Waals surface area (Å²) >= 11 is 1.75. The zero-order valence-corrected chi connectivity index (χ0v) is 35.5. The number of rotatable bonds is 20. The number of esters is 2. The zero-order chi connectivity index (χ0) is 42.8. The first-order valence-electron chi connectivity index (χ1n) is 17.6. The molecule has 0 aromatic carbocycles. The molecule has 0 aliphatic rings. The first kappa shape index (κ1) is 49.5. The number of carbonyl (C=O) groups is 6. The van der Waals surface area contributed by atoms with E-state index in [0.717, 1.165) is 36.5 Å². The normalized spacial score (nSPS) is 11.1.